The molecule has 0 radical (unpaired) electrons. The summed E-state index contributed by atoms with van der Waals surface area (Å²) in [6, 6.07) is 15.7. The van der Waals surface area contributed by atoms with Gasteiger partial charge in [-0.25, -0.2) is 0 Å². The summed E-state index contributed by atoms with van der Waals surface area (Å²) in [4.78, 5) is 25.9. The molecule has 0 bridgehead atoms. The summed E-state index contributed by atoms with van der Waals surface area (Å²) in [6.45, 7) is 5.30. The van der Waals surface area contributed by atoms with Crippen LogP contribution in [-0.2, 0) is 29.1 Å². The maximum absolute atomic E-state index is 12.4. The lowest BCUT2D eigenvalue weighted by atomic mass is 10.0. The summed E-state index contributed by atoms with van der Waals surface area (Å²) in [6.07, 6.45) is 4.22. The lowest BCUT2D eigenvalue weighted by Crippen LogP contribution is -2.30. The van der Waals surface area contributed by atoms with E-state index in [1.807, 2.05) is 30.3 Å². The minimum Gasteiger partial charge on any atom is -0.352 e. The normalized spacial score (nSPS) is 14.5. The van der Waals surface area contributed by atoms with Crippen LogP contribution in [0.1, 0.15) is 42.9 Å². The maximum Gasteiger partial charge on any atom is 0.224 e. The van der Waals surface area contributed by atoms with Crippen LogP contribution in [0.5, 0.6) is 0 Å². The zero-order valence-corrected chi connectivity index (χ0v) is 16.5. The van der Waals surface area contributed by atoms with E-state index in [1.165, 1.54) is 37.3 Å². The predicted molar refractivity (Wildman–Crippen MR) is 112 cm³/mol. The minimum absolute atomic E-state index is 0.0000488. The molecule has 0 aliphatic carbocycles. The van der Waals surface area contributed by atoms with Crippen molar-refractivity contribution in [2.24, 2.45) is 0 Å². The van der Waals surface area contributed by atoms with Crippen LogP contribution in [-0.4, -0.2) is 29.8 Å². The number of nitrogens with zero attached hydrogens (tertiary/aromatic N) is 1. The Morgan fingerprint density at radius 1 is 0.929 bits per heavy atom. The molecule has 148 valence electrons. The molecule has 1 saturated heterocycles. The molecule has 0 spiro atoms. The average molecular weight is 380 g/mol. The van der Waals surface area contributed by atoms with Gasteiger partial charge in [0.05, 0.1) is 6.42 Å². The number of carbonyl (C=O) groups excluding carboxylic acids is 2. The topological polar surface area (TPSA) is 61.4 Å². The zero-order valence-electron chi connectivity index (χ0n) is 16.5. The summed E-state index contributed by atoms with van der Waals surface area (Å²) >= 11 is 0. The van der Waals surface area contributed by atoms with Gasteiger partial charge in [0.1, 0.15) is 0 Å². The van der Waals surface area contributed by atoms with Crippen molar-refractivity contribution in [3.05, 3.63) is 65.2 Å². The summed E-state index contributed by atoms with van der Waals surface area (Å²) in [5.74, 6) is -0.103. The highest BCUT2D eigenvalue weighted by atomic mass is 16.2. The third-order valence-electron chi connectivity index (χ3n) is 5.08. The largest absolute Gasteiger partial charge is 0.352 e. The second-order valence-electron chi connectivity index (χ2n) is 7.44. The van der Waals surface area contributed by atoms with Crippen molar-refractivity contribution in [3.63, 3.8) is 0 Å². The number of amides is 2. The number of benzene rings is 2. The zero-order chi connectivity index (χ0) is 19.8. The summed E-state index contributed by atoms with van der Waals surface area (Å²) in [5, 5.41) is 5.77. The molecule has 2 N–H and O–H groups in total. The molecule has 1 fully saturated rings. The van der Waals surface area contributed by atoms with Crippen molar-refractivity contribution in [2.45, 2.75) is 45.7 Å². The first-order chi connectivity index (χ1) is 13.6. The van der Waals surface area contributed by atoms with Gasteiger partial charge in [0.2, 0.25) is 11.8 Å². The number of likely N-dealkylation sites (tertiary alicyclic amines) is 1. The first-order valence-corrected chi connectivity index (χ1v) is 10.0. The highest BCUT2D eigenvalue weighted by molar-refractivity contribution is 5.88. The molecule has 2 amide bonds. The van der Waals surface area contributed by atoms with E-state index in [9.17, 15) is 9.59 Å². The Morgan fingerprint density at radius 2 is 1.61 bits per heavy atom. The molecule has 5 nitrogen and oxygen atoms in total. The van der Waals surface area contributed by atoms with Crippen LogP contribution in [0.4, 0.5) is 5.69 Å². The van der Waals surface area contributed by atoms with Gasteiger partial charge in [0.25, 0.3) is 0 Å². The first-order valence-electron chi connectivity index (χ1n) is 10.0. The molecular weight excluding hydrogens is 350 g/mol. The fourth-order valence-corrected chi connectivity index (χ4v) is 3.59. The molecule has 2 aromatic carbocycles. The van der Waals surface area contributed by atoms with E-state index < -0.39 is 0 Å². The van der Waals surface area contributed by atoms with Crippen LogP contribution in [0.25, 0.3) is 0 Å². The predicted octanol–water partition coefficient (Wildman–Crippen LogP) is 3.49. The quantitative estimate of drug-likeness (QED) is 0.774. The SMILES string of the molecule is CC(=O)Nc1ccc(CC(=O)NCc2ccccc2CN2CCCCC2)cc1. The van der Waals surface area contributed by atoms with Gasteiger partial charge < -0.3 is 10.6 Å². The first kappa shape index (κ1) is 20.1. The lowest BCUT2D eigenvalue weighted by molar-refractivity contribution is -0.120. The molecular formula is C23H29N3O2. The molecule has 1 heterocycles. The fraction of sp³-hybridized carbons (Fsp3) is 0.391. The van der Waals surface area contributed by atoms with Gasteiger partial charge in [-0.05, 0) is 54.8 Å². The standard InChI is InChI=1S/C23H29N3O2/c1-18(27)25-22-11-9-19(10-12-22)15-23(28)24-16-20-7-3-4-8-21(20)17-26-13-5-2-6-14-26/h3-4,7-12H,2,5-6,13-17H2,1H3,(H,24,28)(H,25,27). The monoisotopic (exact) mass is 379 g/mol. The highest BCUT2D eigenvalue weighted by Gasteiger charge is 2.13. The molecule has 1 aliphatic heterocycles. The van der Waals surface area contributed by atoms with E-state index in [-0.39, 0.29) is 11.8 Å². The van der Waals surface area contributed by atoms with Crippen molar-refractivity contribution in [3.8, 4) is 0 Å². The number of rotatable bonds is 7. The third-order valence-corrected chi connectivity index (χ3v) is 5.08. The second-order valence-corrected chi connectivity index (χ2v) is 7.44. The molecule has 1 aliphatic rings. The van der Waals surface area contributed by atoms with Crippen molar-refractivity contribution in [1.29, 1.82) is 0 Å². The Balaban J connectivity index is 1.52. The minimum atomic E-state index is -0.103. The summed E-state index contributed by atoms with van der Waals surface area (Å²) in [5.41, 5.74) is 4.14. The molecule has 0 unspecified atom stereocenters. The van der Waals surface area contributed by atoms with E-state index in [0.29, 0.717) is 13.0 Å². The van der Waals surface area contributed by atoms with Gasteiger partial charge in [0.15, 0.2) is 0 Å². The molecule has 2 aromatic rings. The molecule has 3 rings (SSSR count). The van der Waals surface area contributed by atoms with E-state index >= 15 is 0 Å². The smallest absolute Gasteiger partial charge is 0.224 e. The molecule has 0 atom stereocenters. The Kier molecular flexibility index (Phi) is 7.20. The lowest BCUT2D eigenvalue weighted by Gasteiger charge is -2.27. The number of carbonyl (C=O) groups is 2. The number of hydrogen-bond acceptors (Lipinski definition) is 3. The van der Waals surface area contributed by atoms with E-state index in [0.717, 1.165) is 30.9 Å². The number of anilines is 1. The Morgan fingerprint density at radius 3 is 2.29 bits per heavy atom. The number of nitrogens with one attached hydrogen (secondary N) is 2. The van der Waals surface area contributed by atoms with Crippen molar-refractivity contribution >= 4 is 17.5 Å². The number of piperidine rings is 1. The molecule has 28 heavy (non-hydrogen) atoms. The highest BCUT2D eigenvalue weighted by Crippen LogP contribution is 2.16. The summed E-state index contributed by atoms with van der Waals surface area (Å²) < 4.78 is 0. The second kappa shape index (κ2) is 10.0. The van der Waals surface area contributed by atoms with Crippen LogP contribution in [0.2, 0.25) is 0 Å². The van der Waals surface area contributed by atoms with Gasteiger partial charge in [-0.15, -0.1) is 0 Å². The molecule has 0 aromatic heterocycles. The van der Waals surface area contributed by atoms with Crippen LogP contribution in [0.3, 0.4) is 0 Å². The average Bonchev–Trinajstić information content (AvgIpc) is 2.69. The molecule has 0 saturated carbocycles. The van der Waals surface area contributed by atoms with Crippen molar-refractivity contribution in [2.75, 3.05) is 18.4 Å². The van der Waals surface area contributed by atoms with E-state index in [4.69, 9.17) is 0 Å². The molecule has 5 heteroatoms. The van der Waals surface area contributed by atoms with Crippen molar-refractivity contribution in [1.82, 2.24) is 10.2 Å². The van der Waals surface area contributed by atoms with Gasteiger partial charge >= 0.3 is 0 Å². The van der Waals surface area contributed by atoms with Crippen LogP contribution >= 0.6 is 0 Å². The fourth-order valence-electron chi connectivity index (χ4n) is 3.59. The number of hydrogen-bond donors (Lipinski definition) is 2. The third kappa shape index (κ3) is 6.20. The van der Waals surface area contributed by atoms with E-state index in [2.05, 4.69) is 33.7 Å². The van der Waals surface area contributed by atoms with Gasteiger partial charge in [-0.2, -0.15) is 0 Å². The van der Waals surface area contributed by atoms with Crippen LogP contribution < -0.4 is 10.6 Å². The van der Waals surface area contributed by atoms with Crippen LogP contribution in [0.15, 0.2) is 48.5 Å². The Bertz CT molecular complexity index is 796. The van der Waals surface area contributed by atoms with Gasteiger partial charge in [-0.1, -0.05) is 42.8 Å². The Hall–Kier alpha value is -2.66. The maximum atomic E-state index is 12.4. The van der Waals surface area contributed by atoms with Gasteiger partial charge in [-0.3, -0.25) is 14.5 Å². The van der Waals surface area contributed by atoms with Crippen LogP contribution in [0, 0.1) is 0 Å². The van der Waals surface area contributed by atoms with Crippen molar-refractivity contribution < 1.29 is 9.59 Å². The Labute approximate surface area is 167 Å². The summed E-state index contributed by atoms with van der Waals surface area (Å²) in [7, 11) is 0. The van der Waals surface area contributed by atoms with Gasteiger partial charge in [0, 0.05) is 25.7 Å². The van der Waals surface area contributed by atoms with E-state index in [1.54, 1.807) is 0 Å².